The van der Waals surface area contributed by atoms with Gasteiger partial charge in [0, 0.05) is 5.92 Å². The average molecular weight is 271 g/mol. The van der Waals surface area contributed by atoms with Crippen molar-refractivity contribution in [2.75, 3.05) is 13.1 Å². The number of hydrogen-bond acceptors (Lipinski definition) is 3. The number of halogens is 1. The number of nitrogens with one attached hydrogen (secondary N) is 2. The zero-order valence-corrected chi connectivity index (χ0v) is 11.1. The zero-order valence-electron chi connectivity index (χ0n) is 10.3. The SMILES string of the molecule is Cl.O=C(NCc1ccco1)C1CC12CCNCC2. The second kappa shape index (κ2) is 5.33. The summed E-state index contributed by atoms with van der Waals surface area (Å²) in [6.45, 7) is 2.63. The maximum absolute atomic E-state index is 12.0. The second-order valence-corrected chi connectivity index (χ2v) is 5.17. The number of amides is 1. The molecule has 3 rings (SSSR count). The molecule has 2 aliphatic rings. The monoisotopic (exact) mass is 270 g/mol. The summed E-state index contributed by atoms with van der Waals surface area (Å²) < 4.78 is 5.20. The molecule has 2 heterocycles. The van der Waals surface area contributed by atoms with Gasteiger partial charge in [-0.1, -0.05) is 0 Å². The van der Waals surface area contributed by atoms with Crippen LogP contribution in [0.5, 0.6) is 0 Å². The van der Waals surface area contributed by atoms with E-state index < -0.39 is 0 Å². The van der Waals surface area contributed by atoms with E-state index in [1.807, 2.05) is 12.1 Å². The molecule has 1 aromatic heterocycles. The average Bonchev–Trinajstić information content (AvgIpc) is 2.82. The minimum Gasteiger partial charge on any atom is -0.467 e. The molecule has 0 radical (unpaired) electrons. The summed E-state index contributed by atoms with van der Waals surface area (Å²) in [5, 5.41) is 6.31. The second-order valence-electron chi connectivity index (χ2n) is 5.17. The lowest BCUT2D eigenvalue weighted by molar-refractivity contribution is -0.123. The maximum Gasteiger partial charge on any atom is 0.224 e. The summed E-state index contributed by atoms with van der Waals surface area (Å²) in [6, 6.07) is 3.72. The van der Waals surface area contributed by atoms with Crippen LogP contribution in [0, 0.1) is 11.3 Å². The number of carbonyl (C=O) groups is 1. The van der Waals surface area contributed by atoms with Crippen molar-refractivity contribution in [2.45, 2.75) is 25.8 Å². The predicted molar refractivity (Wildman–Crippen MR) is 70.4 cm³/mol. The molecule has 0 bridgehead atoms. The molecule has 1 aromatic rings. The number of hydrogen-bond donors (Lipinski definition) is 2. The van der Waals surface area contributed by atoms with Crippen molar-refractivity contribution in [3.8, 4) is 0 Å². The Bertz CT molecular complexity index is 399. The molecule has 1 aliphatic carbocycles. The molecule has 1 atom stereocenters. The van der Waals surface area contributed by atoms with Gasteiger partial charge < -0.3 is 15.1 Å². The number of rotatable bonds is 3. The smallest absolute Gasteiger partial charge is 0.224 e. The van der Waals surface area contributed by atoms with Gasteiger partial charge in [0.25, 0.3) is 0 Å². The highest BCUT2D eigenvalue weighted by atomic mass is 35.5. The first-order valence-electron chi connectivity index (χ1n) is 6.31. The van der Waals surface area contributed by atoms with E-state index in [1.54, 1.807) is 6.26 Å². The van der Waals surface area contributed by atoms with Crippen molar-refractivity contribution in [3.05, 3.63) is 24.2 Å². The molecule has 1 spiro atoms. The lowest BCUT2D eigenvalue weighted by Crippen LogP contribution is -2.33. The molecular weight excluding hydrogens is 252 g/mol. The third kappa shape index (κ3) is 2.54. The molecule has 0 aromatic carbocycles. The Labute approximate surface area is 113 Å². The van der Waals surface area contributed by atoms with Gasteiger partial charge in [-0.15, -0.1) is 12.4 Å². The van der Waals surface area contributed by atoms with Gasteiger partial charge >= 0.3 is 0 Å². The third-order valence-electron chi connectivity index (χ3n) is 4.12. The summed E-state index contributed by atoms with van der Waals surface area (Å²) in [7, 11) is 0. The van der Waals surface area contributed by atoms with Crippen molar-refractivity contribution in [3.63, 3.8) is 0 Å². The van der Waals surface area contributed by atoms with Gasteiger partial charge in [0.1, 0.15) is 5.76 Å². The Morgan fingerprint density at radius 3 is 2.94 bits per heavy atom. The van der Waals surface area contributed by atoms with E-state index in [-0.39, 0.29) is 24.2 Å². The van der Waals surface area contributed by atoms with Crippen LogP contribution in [-0.2, 0) is 11.3 Å². The van der Waals surface area contributed by atoms with E-state index in [2.05, 4.69) is 10.6 Å². The van der Waals surface area contributed by atoms with Crippen LogP contribution in [0.25, 0.3) is 0 Å². The standard InChI is InChI=1S/C13H18N2O2.ClH/c16-12(15-9-10-2-1-7-17-10)11-8-13(11)3-5-14-6-4-13;/h1-2,7,11,14H,3-6,8-9H2,(H,15,16);1H. The Balaban J connectivity index is 0.00000120. The Morgan fingerprint density at radius 2 is 2.28 bits per heavy atom. The highest BCUT2D eigenvalue weighted by molar-refractivity contribution is 5.85. The fourth-order valence-electron chi connectivity index (χ4n) is 2.91. The van der Waals surface area contributed by atoms with Gasteiger partial charge in [-0.2, -0.15) is 0 Å². The number of furan rings is 1. The van der Waals surface area contributed by atoms with Crippen LogP contribution in [0.2, 0.25) is 0 Å². The van der Waals surface area contributed by atoms with Gasteiger partial charge in [0.05, 0.1) is 12.8 Å². The highest BCUT2D eigenvalue weighted by Gasteiger charge is 2.57. The lowest BCUT2D eigenvalue weighted by Gasteiger charge is -2.23. The van der Waals surface area contributed by atoms with E-state index in [9.17, 15) is 4.79 Å². The molecule has 4 nitrogen and oxygen atoms in total. The first kappa shape index (κ1) is 13.4. The number of carbonyl (C=O) groups excluding carboxylic acids is 1. The van der Waals surface area contributed by atoms with Gasteiger partial charge in [-0.25, -0.2) is 0 Å². The first-order chi connectivity index (χ1) is 8.30. The molecule has 5 heteroatoms. The predicted octanol–water partition coefficient (Wildman–Crippen LogP) is 1.71. The quantitative estimate of drug-likeness (QED) is 0.879. The van der Waals surface area contributed by atoms with Gasteiger partial charge in [0.2, 0.25) is 5.91 Å². The van der Waals surface area contributed by atoms with Crippen LogP contribution in [-0.4, -0.2) is 19.0 Å². The van der Waals surface area contributed by atoms with Crippen molar-refractivity contribution in [2.24, 2.45) is 11.3 Å². The molecule has 18 heavy (non-hydrogen) atoms. The largest absolute Gasteiger partial charge is 0.467 e. The summed E-state index contributed by atoms with van der Waals surface area (Å²) in [4.78, 5) is 12.0. The minimum absolute atomic E-state index is 0. The van der Waals surface area contributed by atoms with Crippen LogP contribution < -0.4 is 10.6 Å². The van der Waals surface area contributed by atoms with Gasteiger partial charge in [-0.05, 0) is 49.9 Å². The van der Waals surface area contributed by atoms with Crippen LogP contribution >= 0.6 is 12.4 Å². The van der Waals surface area contributed by atoms with Gasteiger partial charge in [-0.3, -0.25) is 4.79 Å². The zero-order chi connectivity index (χ0) is 11.7. The van der Waals surface area contributed by atoms with Crippen LogP contribution in [0.4, 0.5) is 0 Å². The fraction of sp³-hybridized carbons (Fsp3) is 0.615. The topological polar surface area (TPSA) is 54.3 Å². The van der Waals surface area contributed by atoms with Crippen molar-refractivity contribution in [1.82, 2.24) is 10.6 Å². The lowest BCUT2D eigenvalue weighted by atomic mass is 9.92. The molecule has 2 N–H and O–H groups in total. The molecule has 1 aliphatic heterocycles. The summed E-state index contributed by atoms with van der Waals surface area (Å²) in [5.41, 5.74) is 0.318. The molecular formula is C13H19ClN2O2. The van der Waals surface area contributed by atoms with Crippen molar-refractivity contribution < 1.29 is 9.21 Å². The van der Waals surface area contributed by atoms with E-state index in [0.29, 0.717) is 12.0 Å². The van der Waals surface area contributed by atoms with Crippen LogP contribution in [0.15, 0.2) is 22.8 Å². The minimum atomic E-state index is 0. The van der Waals surface area contributed by atoms with Crippen molar-refractivity contribution in [1.29, 1.82) is 0 Å². The summed E-state index contributed by atoms with van der Waals surface area (Å²) in [5.74, 6) is 1.25. The highest BCUT2D eigenvalue weighted by Crippen LogP contribution is 2.58. The van der Waals surface area contributed by atoms with Gasteiger partial charge in [0.15, 0.2) is 0 Å². The van der Waals surface area contributed by atoms with E-state index in [4.69, 9.17) is 4.42 Å². The first-order valence-corrected chi connectivity index (χ1v) is 6.31. The Kier molecular flexibility index (Phi) is 3.97. The third-order valence-corrected chi connectivity index (χ3v) is 4.12. The van der Waals surface area contributed by atoms with Crippen LogP contribution in [0.3, 0.4) is 0 Å². The van der Waals surface area contributed by atoms with E-state index in [1.165, 1.54) is 0 Å². The molecule has 1 unspecified atom stereocenters. The summed E-state index contributed by atoms with van der Waals surface area (Å²) in [6.07, 6.45) is 4.99. The van der Waals surface area contributed by atoms with E-state index >= 15 is 0 Å². The normalized spacial score (nSPS) is 24.3. The molecule has 1 amide bonds. The fourth-order valence-corrected chi connectivity index (χ4v) is 2.91. The van der Waals surface area contributed by atoms with Crippen molar-refractivity contribution >= 4 is 18.3 Å². The Morgan fingerprint density at radius 1 is 1.50 bits per heavy atom. The maximum atomic E-state index is 12.0. The number of piperidine rings is 1. The molecule has 1 saturated heterocycles. The van der Waals surface area contributed by atoms with E-state index in [0.717, 1.165) is 38.1 Å². The summed E-state index contributed by atoms with van der Waals surface area (Å²) >= 11 is 0. The molecule has 100 valence electrons. The Hall–Kier alpha value is -1.00. The molecule has 1 saturated carbocycles. The van der Waals surface area contributed by atoms with Crippen LogP contribution in [0.1, 0.15) is 25.0 Å². The molecule has 2 fully saturated rings.